The van der Waals surface area contributed by atoms with Gasteiger partial charge in [0.05, 0.1) is 12.6 Å². The van der Waals surface area contributed by atoms with Crippen molar-refractivity contribution in [2.45, 2.75) is 26.4 Å². The minimum absolute atomic E-state index is 0. The quantitative estimate of drug-likeness (QED) is 0.273. The van der Waals surface area contributed by atoms with E-state index < -0.39 is 0 Å². The Bertz CT molecular complexity index is 269. The van der Waals surface area contributed by atoms with E-state index in [9.17, 15) is 0 Å². The molecule has 19 heavy (non-hydrogen) atoms. The molecular weight excluding hydrogens is 355 g/mol. The van der Waals surface area contributed by atoms with Crippen LogP contribution in [-0.2, 0) is 4.74 Å². The standard InChI is InChI=1S/C13H28N4O.HI/c1-6-18-12(7-8-17(4)5)10-16-13(14)15-9-11(2)3;/h12H,2,6-10H2,1,3-5H3,(H3,14,15,16);1H. The van der Waals surface area contributed by atoms with Gasteiger partial charge in [0.2, 0.25) is 0 Å². The summed E-state index contributed by atoms with van der Waals surface area (Å²) >= 11 is 0. The lowest BCUT2D eigenvalue weighted by molar-refractivity contribution is 0.0583. The van der Waals surface area contributed by atoms with Crippen LogP contribution in [0.15, 0.2) is 17.1 Å². The average molecular weight is 384 g/mol. The second-order valence-electron chi connectivity index (χ2n) is 4.71. The molecule has 0 fully saturated rings. The molecule has 0 aliphatic heterocycles. The van der Waals surface area contributed by atoms with Gasteiger partial charge in [0.1, 0.15) is 0 Å². The monoisotopic (exact) mass is 384 g/mol. The van der Waals surface area contributed by atoms with Crippen LogP contribution in [0.2, 0.25) is 0 Å². The molecule has 6 heteroatoms. The molecular formula is C13H29IN4O. The fraction of sp³-hybridized carbons (Fsp3) is 0.769. The molecule has 0 spiro atoms. The lowest BCUT2D eigenvalue weighted by atomic mass is 10.2. The van der Waals surface area contributed by atoms with Crippen LogP contribution in [0.1, 0.15) is 20.3 Å². The minimum Gasteiger partial charge on any atom is -0.377 e. The van der Waals surface area contributed by atoms with Crippen molar-refractivity contribution in [3.63, 3.8) is 0 Å². The summed E-state index contributed by atoms with van der Waals surface area (Å²) < 4.78 is 5.63. The zero-order valence-corrected chi connectivity index (χ0v) is 14.9. The molecule has 0 aliphatic rings. The van der Waals surface area contributed by atoms with Crippen molar-refractivity contribution in [1.29, 1.82) is 0 Å². The molecule has 0 aromatic rings. The lowest BCUT2D eigenvalue weighted by Crippen LogP contribution is -2.34. The Labute approximate surface area is 134 Å². The van der Waals surface area contributed by atoms with Gasteiger partial charge in [0.15, 0.2) is 5.96 Å². The Morgan fingerprint density at radius 1 is 1.47 bits per heavy atom. The maximum Gasteiger partial charge on any atom is 0.188 e. The number of nitrogens with two attached hydrogens (primary N) is 1. The second-order valence-corrected chi connectivity index (χ2v) is 4.71. The molecule has 0 amide bonds. The molecule has 1 atom stereocenters. The predicted octanol–water partition coefficient (Wildman–Crippen LogP) is 1.44. The zero-order valence-electron chi connectivity index (χ0n) is 12.6. The van der Waals surface area contributed by atoms with Gasteiger partial charge in [-0.05, 0) is 34.4 Å². The zero-order chi connectivity index (χ0) is 14.0. The van der Waals surface area contributed by atoms with Gasteiger partial charge in [-0.15, -0.1) is 24.0 Å². The summed E-state index contributed by atoms with van der Waals surface area (Å²) in [6.07, 6.45) is 1.08. The number of halogens is 1. The molecule has 0 heterocycles. The highest BCUT2D eigenvalue weighted by molar-refractivity contribution is 14.0. The average Bonchev–Trinajstić information content (AvgIpc) is 2.29. The van der Waals surface area contributed by atoms with Crippen molar-refractivity contribution in [3.8, 4) is 0 Å². The van der Waals surface area contributed by atoms with E-state index in [1.807, 2.05) is 13.8 Å². The smallest absolute Gasteiger partial charge is 0.188 e. The molecule has 0 aromatic carbocycles. The Kier molecular flexibility index (Phi) is 14.0. The fourth-order valence-corrected chi connectivity index (χ4v) is 1.36. The van der Waals surface area contributed by atoms with E-state index in [1.54, 1.807) is 0 Å². The van der Waals surface area contributed by atoms with Crippen molar-refractivity contribution in [2.24, 2.45) is 10.7 Å². The van der Waals surface area contributed by atoms with E-state index in [0.29, 0.717) is 25.7 Å². The van der Waals surface area contributed by atoms with E-state index >= 15 is 0 Å². The maximum atomic E-state index is 5.75. The molecule has 0 bridgehead atoms. The van der Waals surface area contributed by atoms with Crippen molar-refractivity contribution in [3.05, 3.63) is 12.2 Å². The number of nitrogens with zero attached hydrogens (tertiary/aromatic N) is 2. The van der Waals surface area contributed by atoms with Crippen LogP contribution in [0, 0.1) is 0 Å². The summed E-state index contributed by atoms with van der Waals surface area (Å²) in [6.45, 7) is 10.7. The third-order valence-electron chi connectivity index (χ3n) is 2.34. The Balaban J connectivity index is 0. The number of hydrogen-bond donors (Lipinski definition) is 2. The Morgan fingerprint density at radius 2 is 2.11 bits per heavy atom. The molecule has 1 unspecified atom stereocenters. The van der Waals surface area contributed by atoms with Crippen molar-refractivity contribution < 1.29 is 4.74 Å². The summed E-state index contributed by atoms with van der Waals surface area (Å²) in [5.41, 5.74) is 6.78. The molecule has 0 rings (SSSR count). The molecule has 0 aliphatic carbocycles. The highest BCUT2D eigenvalue weighted by atomic mass is 127. The Hall–Kier alpha value is -0.340. The topological polar surface area (TPSA) is 62.9 Å². The number of aliphatic imine (C=N–C) groups is 1. The molecule has 3 N–H and O–H groups in total. The third-order valence-corrected chi connectivity index (χ3v) is 2.34. The normalized spacial score (nSPS) is 13.0. The first-order chi connectivity index (χ1) is 8.45. The van der Waals surface area contributed by atoms with E-state index in [2.05, 4.69) is 35.9 Å². The first-order valence-corrected chi connectivity index (χ1v) is 6.40. The second kappa shape index (κ2) is 12.7. The third kappa shape index (κ3) is 13.9. The number of hydrogen-bond acceptors (Lipinski definition) is 3. The van der Waals surface area contributed by atoms with Gasteiger partial charge >= 0.3 is 0 Å². The van der Waals surface area contributed by atoms with Crippen LogP contribution in [0.4, 0.5) is 0 Å². The van der Waals surface area contributed by atoms with Crippen molar-refractivity contribution in [2.75, 3.05) is 40.3 Å². The summed E-state index contributed by atoms with van der Waals surface area (Å²) in [5.74, 6) is 0.451. The van der Waals surface area contributed by atoms with Gasteiger partial charge in [-0.3, -0.25) is 4.99 Å². The van der Waals surface area contributed by atoms with Crippen LogP contribution < -0.4 is 11.1 Å². The van der Waals surface area contributed by atoms with Gasteiger partial charge in [0, 0.05) is 19.7 Å². The molecule has 0 saturated heterocycles. The number of rotatable bonds is 9. The largest absolute Gasteiger partial charge is 0.377 e. The first kappa shape index (κ1) is 21.0. The van der Waals surface area contributed by atoms with E-state index in [0.717, 1.165) is 18.5 Å². The maximum absolute atomic E-state index is 5.75. The summed E-state index contributed by atoms with van der Waals surface area (Å²) in [7, 11) is 4.10. The molecule has 0 saturated carbocycles. The van der Waals surface area contributed by atoms with E-state index in [1.165, 1.54) is 0 Å². The van der Waals surface area contributed by atoms with Gasteiger partial charge in [-0.1, -0.05) is 12.2 Å². The minimum atomic E-state index is 0. The molecule has 5 nitrogen and oxygen atoms in total. The molecule has 114 valence electrons. The fourth-order valence-electron chi connectivity index (χ4n) is 1.36. The highest BCUT2D eigenvalue weighted by Gasteiger charge is 2.08. The number of ether oxygens (including phenoxy) is 1. The summed E-state index contributed by atoms with van der Waals surface area (Å²) in [4.78, 5) is 6.43. The number of guanidine groups is 1. The predicted molar refractivity (Wildman–Crippen MR) is 93.3 cm³/mol. The van der Waals surface area contributed by atoms with Crippen molar-refractivity contribution >= 4 is 29.9 Å². The molecule has 0 aromatic heterocycles. The first-order valence-electron chi connectivity index (χ1n) is 6.40. The van der Waals surface area contributed by atoms with Gasteiger partial charge in [-0.25, -0.2) is 0 Å². The lowest BCUT2D eigenvalue weighted by Gasteiger charge is -2.18. The summed E-state index contributed by atoms with van der Waals surface area (Å²) in [6, 6.07) is 0. The highest BCUT2D eigenvalue weighted by Crippen LogP contribution is 2.00. The van der Waals surface area contributed by atoms with Crippen LogP contribution in [0.3, 0.4) is 0 Å². The summed E-state index contributed by atoms with van der Waals surface area (Å²) in [5, 5.41) is 3.01. The SMILES string of the molecule is C=C(C)CNC(N)=NCC(CCN(C)C)OCC.I. The van der Waals surface area contributed by atoms with Crippen LogP contribution >= 0.6 is 24.0 Å². The van der Waals surface area contributed by atoms with Crippen molar-refractivity contribution in [1.82, 2.24) is 10.2 Å². The van der Waals surface area contributed by atoms with Crippen LogP contribution in [0.5, 0.6) is 0 Å². The number of nitrogens with one attached hydrogen (secondary N) is 1. The van der Waals surface area contributed by atoms with E-state index in [-0.39, 0.29) is 30.1 Å². The van der Waals surface area contributed by atoms with Gasteiger partial charge < -0.3 is 20.7 Å². The Morgan fingerprint density at radius 3 is 2.58 bits per heavy atom. The van der Waals surface area contributed by atoms with Crippen LogP contribution in [-0.4, -0.2) is 57.3 Å². The molecule has 0 radical (unpaired) electrons. The van der Waals surface area contributed by atoms with Gasteiger partial charge in [-0.2, -0.15) is 0 Å². The van der Waals surface area contributed by atoms with Gasteiger partial charge in [0.25, 0.3) is 0 Å². The van der Waals surface area contributed by atoms with E-state index in [4.69, 9.17) is 10.5 Å². The van der Waals surface area contributed by atoms with Crippen LogP contribution in [0.25, 0.3) is 0 Å².